The summed E-state index contributed by atoms with van der Waals surface area (Å²) in [7, 11) is 0. The van der Waals surface area contributed by atoms with E-state index in [0.717, 1.165) is 25.7 Å². The third-order valence-corrected chi connectivity index (χ3v) is 5.55. The molecule has 2 atom stereocenters. The normalized spacial score (nSPS) is 32.1. The van der Waals surface area contributed by atoms with Crippen LogP contribution in [-0.4, -0.2) is 10.7 Å². The second kappa shape index (κ2) is 4.90. The Balaban J connectivity index is 1.93. The molecule has 0 amide bonds. The third-order valence-electron chi connectivity index (χ3n) is 5.55. The van der Waals surface area contributed by atoms with Crippen LogP contribution in [0.4, 0.5) is 0 Å². The molecule has 2 unspecified atom stereocenters. The molecular weight excluding hydrogens is 246 g/mol. The molecule has 2 aliphatic carbocycles. The van der Waals surface area contributed by atoms with Gasteiger partial charge in [0.25, 0.3) is 0 Å². The van der Waals surface area contributed by atoms with Gasteiger partial charge in [-0.3, -0.25) is 0 Å². The topological polar surface area (TPSA) is 44.0 Å². The highest BCUT2D eigenvalue weighted by Crippen LogP contribution is 2.50. The first-order chi connectivity index (χ1) is 9.59. The first kappa shape index (κ1) is 13.6. The molecule has 1 aromatic carbocycles. The van der Waals surface area contributed by atoms with Crippen LogP contribution in [0, 0.1) is 22.7 Å². The smallest absolute Gasteiger partial charge is 0.0940 e. The van der Waals surface area contributed by atoms with Gasteiger partial charge in [0.05, 0.1) is 17.1 Å². The summed E-state index contributed by atoms with van der Waals surface area (Å²) in [6.45, 7) is 2.26. The van der Waals surface area contributed by atoms with Crippen molar-refractivity contribution in [2.24, 2.45) is 11.3 Å². The third kappa shape index (κ3) is 2.05. The maximum atomic E-state index is 11.3. The Kier molecular flexibility index (Phi) is 3.34. The zero-order valence-corrected chi connectivity index (χ0v) is 12.2. The van der Waals surface area contributed by atoms with Crippen LogP contribution in [0.1, 0.15) is 50.2 Å². The summed E-state index contributed by atoms with van der Waals surface area (Å²) in [6, 6.07) is 10.8. The number of hydrogen-bond donors (Lipinski definition) is 1. The highest BCUT2D eigenvalue weighted by atomic mass is 16.3. The number of hydrogen-bond acceptors (Lipinski definition) is 2. The number of benzene rings is 1. The van der Waals surface area contributed by atoms with Gasteiger partial charge in [-0.05, 0) is 49.1 Å². The largest absolute Gasteiger partial charge is 0.388 e. The van der Waals surface area contributed by atoms with E-state index < -0.39 is 11.0 Å². The molecule has 0 spiro atoms. The highest BCUT2D eigenvalue weighted by molar-refractivity contribution is 5.39. The van der Waals surface area contributed by atoms with Gasteiger partial charge >= 0.3 is 0 Å². The van der Waals surface area contributed by atoms with E-state index in [1.165, 1.54) is 17.5 Å². The summed E-state index contributed by atoms with van der Waals surface area (Å²) in [6.07, 6.45) is 6.23. The molecule has 0 aromatic heterocycles. The minimum Gasteiger partial charge on any atom is -0.388 e. The summed E-state index contributed by atoms with van der Waals surface area (Å²) in [5, 5.41) is 21.1. The van der Waals surface area contributed by atoms with Crippen molar-refractivity contribution in [3.05, 3.63) is 35.4 Å². The minimum atomic E-state index is -0.814. The van der Waals surface area contributed by atoms with Crippen molar-refractivity contribution in [2.45, 2.75) is 57.5 Å². The van der Waals surface area contributed by atoms with Crippen molar-refractivity contribution >= 4 is 0 Å². The number of aliphatic hydroxyl groups is 1. The van der Waals surface area contributed by atoms with Gasteiger partial charge in [-0.1, -0.05) is 44.0 Å². The predicted octanol–water partition coefficient (Wildman–Crippen LogP) is 3.63. The van der Waals surface area contributed by atoms with E-state index in [0.29, 0.717) is 18.8 Å². The van der Waals surface area contributed by atoms with Gasteiger partial charge in [0, 0.05) is 0 Å². The van der Waals surface area contributed by atoms with Gasteiger partial charge in [0.2, 0.25) is 0 Å². The van der Waals surface area contributed by atoms with Crippen LogP contribution < -0.4 is 0 Å². The van der Waals surface area contributed by atoms with Crippen molar-refractivity contribution < 1.29 is 5.11 Å². The van der Waals surface area contributed by atoms with E-state index in [-0.39, 0.29) is 0 Å². The van der Waals surface area contributed by atoms with Crippen molar-refractivity contribution in [3.8, 4) is 6.07 Å². The van der Waals surface area contributed by atoms with Crippen LogP contribution in [0.15, 0.2) is 24.3 Å². The van der Waals surface area contributed by atoms with Crippen molar-refractivity contribution in [3.63, 3.8) is 0 Å². The lowest BCUT2D eigenvalue weighted by Gasteiger charge is -2.40. The highest BCUT2D eigenvalue weighted by Gasteiger charge is 2.53. The number of rotatable bonds is 1. The van der Waals surface area contributed by atoms with Gasteiger partial charge in [-0.25, -0.2) is 0 Å². The zero-order chi connectivity index (χ0) is 14.2. The van der Waals surface area contributed by atoms with Gasteiger partial charge in [-0.15, -0.1) is 0 Å². The zero-order valence-electron chi connectivity index (χ0n) is 12.2. The van der Waals surface area contributed by atoms with Crippen LogP contribution in [0.3, 0.4) is 0 Å². The van der Waals surface area contributed by atoms with Crippen LogP contribution in [0.25, 0.3) is 0 Å². The van der Waals surface area contributed by atoms with E-state index in [2.05, 4.69) is 25.1 Å². The maximum absolute atomic E-state index is 11.3. The predicted molar refractivity (Wildman–Crippen MR) is 79.1 cm³/mol. The average Bonchev–Trinajstić information content (AvgIpc) is 2.76. The fourth-order valence-electron chi connectivity index (χ4n) is 4.10. The number of nitrogens with zero attached hydrogens (tertiary/aromatic N) is 1. The lowest BCUT2D eigenvalue weighted by atomic mass is 9.67. The number of nitriles is 1. The summed E-state index contributed by atoms with van der Waals surface area (Å²) in [4.78, 5) is 0. The Morgan fingerprint density at radius 1 is 1.15 bits per heavy atom. The molecule has 1 aromatic rings. The molecule has 3 rings (SSSR count). The Bertz CT molecular complexity index is 520. The Morgan fingerprint density at radius 2 is 1.80 bits per heavy atom. The maximum Gasteiger partial charge on any atom is 0.0940 e. The van der Waals surface area contributed by atoms with E-state index in [1.54, 1.807) is 0 Å². The Hall–Kier alpha value is -1.33. The Labute approximate surface area is 121 Å². The molecule has 0 saturated heterocycles. The molecule has 2 nitrogen and oxygen atoms in total. The average molecular weight is 269 g/mol. The Morgan fingerprint density at radius 3 is 2.40 bits per heavy atom. The molecule has 1 fully saturated rings. The van der Waals surface area contributed by atoms with E-state index in [4.69, 9.17) is 0 Å². The molecular formula is C18H23NO. The second-order valence-corrected chi connectivity index (χ2v) is 6.88. The fraction of sp³-hybridized carbons (Fsp3) is 0.611. The van der Waals surface area contributed by atoms with Gasteiger partial charge in [0.15, 0.2) is 0 Å². The molecule has 2 heteroatoms. The molecule has 1 N–H and O–H groups in total. The molecule has 0 heterocycles. The van der Waals surface area contributed by atoms with E-state index in [1.807, 2.05) is 12.1 Å². The standard InChI is InChI=1S/C18H23NO/c1-14-5-4-9-18(20,10-8-14)17(13-19)11-15-6-2-3-7-16(15)12-17/h2-3,6-7,14,20H,4-5,8-12H2,1H3. The molecule has 0 bridgehead atoms. The lowest BCUT2D eigenvalue weighted by Crippen LogP contribution is -2.48. The first-order valence-electron chi connectivity index (χ1n) is 7.79. The van der Waals surface area contributed by atoms with Crippen LogP contribution >= 0.6 is 0 Å². The summed E-state index contributed by atoms with van der Waals surface area (Å²) in [5.74, 6) is 0.670. The fourth-order valence-corrected chi connectivity index (χ4v) is 4.10. The van der Waals surface area contributed by atoms with E-state index in [9.17, 15) is 10.4 Å². The molecule has 0 aliphatic heterocycles. The lowest BCUT2D eigenvalue weighted by molar-refractivity contribution is -0.0639. The SMILES string of the molecule is CC1CCCC(O)(C2(C#N)Cc3ccccc3C2)CC1. The van der Waals surface area contributed by atoms with Gasteiger partial charge < -0.3 is 5.11 Å². The minimum absolute atomic E-state index is 0.610. The molecule has 106 valence electrons. The monoisotopic (exact) mass is 269 g/mol. The van der Waals surface area contributed by atoms with Gasteiger partial charge in [-0.2, -0.15) is 5.26 Å². The van der Waals surface area contributed by atoms with Crippen molar-refractivity contribution in [1.82, 2.24) is 0 Å². The molecule has 2 aliphatic rings. The summed E-state index contributed by atoms with van der Waals surface area (Å²) in [5.41, 5.74) is 1.08. The summed E-state index contributed by atoms with van der Waals surface area (Å²) >= 11 is 0. The molecule has 20 heavy (non-hydrogen) atoms. The van der Waals surface area contributed by atoms with E-state index >= 15 is 0 Å². The molecule has 0 radical (unpaired) electrons. The summed E-state index contributed by atoms with van der Waals surface area (Å²) < 4.78 is 0. The molecule has 1 saturated carbocycles. The quantitative estimate of drug-likeness (QED) is 0.791. The van der Waals surface area contributed by atoms with Gasteiger partial charge in [0.1, 0.15) is 0 Å². The van der Waals surface area contributed by atoms with Crippen LogP contribution in [-0.2, 0) is 12.8 Å². The van der Waals surface area contributed by atoms with Crippen LogP contribution in [0.5, 0.6) is 0 Å². The van der Waals surface area contributed by atoms with Crippen LogP contribution in [0.2, 0.25) is 0 Å². The first-order valence-corrected chi connectivity index (χ1v) is 7.79. The van der Waals surface area contributed by atoms with Crippen molar-refractivity contribution in [1.29, 1.82) is 5.26 Å². The van der Waals surface area contributed by atoms with Crippen molar-refractivity contribution in [2.75, 3.05) is 0 Å². The second-order valence-electron chi connectivity index (χ2n) is 6.88. The number of fused-ring (bicyclic) bond motifs is 1.